The second kappa shape index (κ2) is 50.5. The Bertz CT molecular complexity index is 980. The molecule has 0 heterocycles. The van der Waals surface area contributed by atoms with E-state index in [1.165, 1.54) is 178 Å². The topological polar surface area (TPSA) is 63.7 Å². The Hall–Kier alpha value is -2.17. The average Bonchev–Trinajstić information content (AvgIpc) is 3.26. The van der Waals surface area contributed by atoms with E-state index in [1.807, 2.05) is 0 Å². The van der Waals surface area contributed by atoms with Crippen molar-refractivity contribution < 1.29 is 19.1 Å². The van der Waals surface area contributed by atoms with Gasteiger partial charge in [0, 0.05) is 19.3 Å². The van der Waals surface area contributed by atoms with Crippen molar-refractivity contribution in [2.75, 3.05) is 13.2 Å². The molecule has 0 atom stereocenters. The van der Waals surface area contributed by atoms with Crippen molar-refractivity contribution in [3.63, 3.8) is 0 Å². The Kier molecular flexibility index (Phi) is 48.7. The smallest absolute Gasteiger partial charge is 0.305 e. The highest BCUT2D eigenvalue weighted by molar-refractivity contribution is 5.95. The summed E-state index contributed by atoms with van der Waals surface area (Å²) in [7, 11) is 0. The molecule has 0 aromatic rings. The molecular weight excluding hydrogens is 751 g/mol. The van der Waals surface area contributed by atoms with Crippen LogP contribution in [-0.2, 0) is 19.1 Å². The van der Waals surface area contributed by atoms with Crippen molar-refractivity contribution in [2.24, 2.45) is 0 Å². The third kappa shape index (κ3) is 45.7. The van der Waals surface area contributed by atoms with Crippen LogP contribution in [0.15, 0.2) is 36.5 Å². The standard InChI is InChI=1S/C56H103NO4/c1-4-7-10-13-16-19-22-25-28-31-34-37-40-43-46-49-54(58)57(55(59)50-47-44-41-38-35-32-29-26-23-20-17-14-11-8-5-2)52-53-61-56(60)51-48-45-42-39-36-33-30-27-24-21-18-15-12-9-6-3/h25-30H,4-24,31-53H2,1-3H3/b28-25-,29-26-,30-27-. The minimum atomic E-state index is -0.216. The van der Waals surface area contributed by atoms with Crippen LogP contribution in [-0.4, -0.2) is 35.8 Å². The molecule has 0 aromatic carbocycles. The lowest BCUT2D eigenvalue weighted by Crippen LogP contribution is -2.39. The van der Waals surface area contributed by atoms with Crippen molar-refractivity contribution in [3.8, 4) is 0 Å². The maximum absolute atomic E-state index is 13.3. The van der Waals surface area contributed by atoms with Crippen LogP contribution in [0, 0.1) is 0 Å². The average molecular weight is 854 g/mol. The summed E-state index contributed by atoms with van der Waals surface area (Å²) in [5.41, 5.74) is 0. The maximum Gasteiger partial charge on any atom is 0.305 e. The highest BCUT2D eigenvalue weighted by Gasteiger charge is 2.21. The largest absolute Gasteiger partial charge is 0.464 e. The molecule has 356 valence electrons. The van der Waals surface area contributed by atoms with E-state index in [1.54, 1.807) is 0 Å². The second-order valence-corrected chi connectivity index (χ2v) is 18.2. The van der Waals surface area contributed by atoms with E-state index in [-0.39, 0.29) is 30.9 Å². The predicted octanol–water partition coefficient (Wildman–Crippen LogP) is 18.0. The van der Waals surface area contributed by atoms with Gasteiger partial charge in [0.1, 0.15) is 6.61 Å². The number of nitrogens with zero attached hydrogens (tertiary/aromatic N) is 1. The molecule has 0 aromatic heterocycles. The molecule has 0 aliphatic rings. The quantitative estimate of drug-likeness (QED) is 0.0347. The molecule has 0 bridgehead atoms. The van der Waals surface area contributed by atoms with E-state index in [9.17, 15) is 14.4 Å². The van der Waals surface area contributed by atoms with E-state index in [4.69, 9.17) is 4.74 Å². The molecule has 0 unspecified atom stereocenters. The van der Waals surface area contributed by atoms with Crippen molar-refractivity contribution in [1.29, 1.82) is 0 Å². The summed E-state index contributed by atoms with van der Waals surface area (Å²) in [5.74, 6) is -0.431. The first-order chi connectivity index (χ1) is 30.1. The Balaban J connectivity index is 4.41. The number of hydrogen-bond acceptors (Lipinski definition) is 4. The van der Waals surface area contributed by atoms with Gasteiger partial charge in [0.25, 0.3) is 0 Å². The summed E-state index contributed by atoms with van der Waals surface area (Å²) in [6, 6.07) is 0. The van der Waals surface area contributed by atoms with E-state index in [0.29, 0.717) is 19.3 Å². The monoisotopic (exact) mass is 854 g/mol. The third-order valence-electron chi connectivity index (χ3n) is 12.1. The number of esters is 1. The van der Waals surface area contributed by atoms with Crippen molar-refractivity contribution in [2.45, 2.75) is 290 Å². The number of imide groups is 1. The molecule has 5 nitrogen and oxygen atoms in total. The van der Waals surface area contributed by atoms with Crippen LogP contribution in [0.5, 0.6) is 0 Å². The SMILES string of the molecule is CCCCCCCC/C=C\CCCCCCCC(=O)OCCN(C(=O)CCCCCCC/C=C\CCCCCCCC)C(=O)CCCCCCC/C=C\CCCCCCCC. The van der Waals surface area contributed by atoms with Crippen LogP contribution in [0.4, 0.5) is 0 Å². The zero-order valence-corrected chi connectivity index (χ0v) is 41.2. The zero-order chi connectivity index (χ0) is 44.4. The fourth-order valence-corrected chi connectivity index (χ4v) is 8.02. The van der Waals surface area contributed by atoms with Gasteiger partial charge in [0.05, 0.1) is 6.54 Å². The van der Waals surface area contributed by atoms with Gasteiger partial charge in [-0.15, -0.1) is 0 Å². The van der Waals surface area contributed by atoms with Gasteiger partial charge in [-0.2, -0.15) is 0 Å². The number of rotatable bonds is 48. The molecule has 0 radical (unpaired) electrons. The first kappa shape index (κ1) is 58.8. The number of carbonyl (C=O) groups excluding carboxylic acids is 3. The minimum absolute atomic E-state index is 0.0974. The van der Waals surface area contributed by atoms with E-state index >= 15 is 0 Å². The molecule has 61 heavy (non-hydrogen) atoms. The molecule has 0 saturated heterocycles. The first-order valence-corrected chi connectivity index (χ1v) is 27.0. The molecular formula is C56H103NO4. The van der Waals surface area contributed by atoms with E-state index in [2.05, 4.69) is 57.2 Å². The first-order valence-electron chi connectivity index (χ1n) is 27.0. The van der Waals surface area contributed by atoms with Gasteiger partial charge < -0.3 is 4.74 Å². The van der Waals surface area contributed by atoms with Gasteiger partial charge in [-0.1, -0.05) is 211 Å². The van der Waals surface area contributed by atoms with Crippen LogP contribution in [0.2, 0.25) is 0 Å². The fourth-order valence-electron chi connectivity index (χ4n) is 8.02. The highest BCUT2D eigenvalue weighted by Crippen LogP contribution is 2.15. The maximum atomic E-state index is 13.3. The van der Waals surface area contributed by atoms with Crippen LogP contribution in [0.25, 0.3) is 0 Å². The Labute approximate surface area is 380 Å². The van der Waals surface area contributed by atoms with Crippen molar-refractivity contribution >= 4 is 17.8 Å². The number of ether oxygens (including phenoxy) is 1. The normalized spacial score (nSPS) is 11.8. The number of carbonyl (C=O) groups is 3. The zero-order valence-electron chi connectivity index (χ0n) is 41.2. The van der Waals surface area contributed by atoms with E-state index < -0.39 is 0 Å². The molecule has 0 saturated carbocycles. The molecule has 0 spiro atoms. The van der Waals surface area contributed by atoms with Gasteiger partial charge in [0.2, 0.25) is 11.8 Å². The lowest BCUT2D eigenvalue weighted by atomic mass is 10.1. The summed E-state index contributed by atoms with van der Waals surface area (Å²) in [6.07, 6.45) is 62.7. The third-order valence-corrected chi connectivity index (χ3v) is 12.1. The molecule has 0 aliphatic carbocycles. The number of allylic oxidation sites excluding steroid dienone is 6. The number of unbranched alkanes of at least 4 members (excludes halogenated alkanes) is 33. The van der Waals surface area contributed by atoms with Gasteiger partial charge in [-0.25, -0.2) is 0 Å². The van der Waals surface area contributed by atoms with Crippen molar-refractivity contribution in [3.05, 3.63) is 36.5 Å². The van der Waals surface area contributed by atoms with Gasteiger partial charge in [-0.05, 0) is 96.3 Å². The Morgan fingerprint density at radius 2 is 0.574 bits per heavy atom. The Morgan fingerprint density at radius 1 is 0.328 bits per heavy atom. The molecule has 0 N–H and O–H groups in total. The van der Waals surface area contributed by atoms with Crippen molar-refractivity contribution in [1.82, 2.24) is 4.90 Å². The fraction of sp³-hybridized carbons (Fsp3) is 0.839. The van der Waals surface area contributed by atoms with Crippen LogP contribution >= 0.6 is 0 Å². The predicted molar refractivity (Wildman–Crippen MR) is 266 cm³/mol. The summed E-state index contributed by atoms with van der Waals surface area (Å²) < 4.78 is 5.55. The molecule has 0 fully saturated rings. The Morgan fingerprint density at radius 3 is 0.869 bits per heavy atom. The number of amides is 2. The summed E-state index contributed by atoms with van der Waals surface area (Å²) >= 11 is 0. The molecule has 2 amide bonds. The van der Waals surface area contributed by atoms with Gasteiger partial charge >= 0.3 is 5.97 Å². The summed E-state index contributed by atoms with van der Waals surface area (Å²) in [5, 5.41) is 0. The molecule has 0 rings (SSSR count). The highest BCUT2D eigenvalue weighted by atomic mass is 16.5. The minimum Gasteiger partial charge on any atom is -0.464 e. The molecule has 0 aliphatic heterocycles. The lowest BCUT2D eigenvalue weighted by Gasteiger charge is -2.21. The van der Waals surface area contributed by atoms with Gasteiger partial charge in [-0.3, -0.25) is 19.3 Å². The molecule has 5 heteroatoms. The van der Waals surface area contributed by atoms with Crippen LogP contribution in [0.3, 0.4) is 0 Å². The second-order valence-electron chi connectivity index (χ2n) is 18.2. The van der Waals surface area contributed by atoms with Crippen LogP contribution < -0.4 is 0 Å². The lowest BCUT2D eigenvalue weighted by molar-refractivity contribution is -0.151. The van der Waals surface area contributed by atoms with Crippen LogP contribution in [0.1, 0.15) is 290 Å². The number of hydrogen-bond donors (Lipinski definition) is 0. The van der Waals surface area contributed by atoms with E-state index in [0.717, 1.165) is 77.0 Å². The summed E-state index contributed by atoms with van der Waals surface area (Å²) in [6.45, 7) is 7.07. The van der Waals surface area contributed by atoms with Gasteiger partial charge in [0.15, 0.2) is 0 Å². The summed E-state index contributed by atoms with van der Waals surface area (Å²) in [4.78, 5) is 40.6.